The molecular weight excluding hydrogens is 286 g/mol. The van der Waals surface area contributed by atoms with Crippen molar-refractivity contribution in [3.63, 3.8) is 0 Å². The van der Waals surface area contributed by atoms with Gasteiger partial charge in [-0.15, -0.1) is 0 Å². The number of amides is 1. The fourth-order valence-electron chi connectivity index (χ4n) is 1.82. The minimum Gasteiger partial charge on any atom is -0.497 e. The molecule has 0 aliphatic heterocycles. The Balaban J connectivity index is 2.80. The van der Waals surface area contributed by atoms with E-state index in [1.165, 1.54) is 7.11 Å². The third-order valence-electron chi connectivity index (χ3n) is 2.75. The normalized spacial score (nSPS) is 12.2. The lowest BCUT2D eigenvalue weighted by atomic mass is 10.1. The molecule has 1 aromatic carbocycles. The minimum absolute atomic E-state index is 0.281. The lowest BCUT2D eigenvalue weighted by Crippen LogP contribution is -2.45. The summed E-state index contributed by atoms with van der Waals surface area (Å²) >= 11 is 0. The molecular formula is C16H23NO5. The molecule has 0 bridgehead atoms. The standard InChI is InChI=1S/C16H23NO5/c1-16(2,3)22-15(19)17-13(14(18)21-5)10-11-7-6-8-12(9-11)20-4/h6-9,13H,10H2,1-5H3,(H,17,19)/t13-/m0/s1. The van der Waals surface area contributed by atoms with Gasteiger partial charge in [0.05, 0.1) is 14.2 Å². The topological polar surface area (TPSA) is 73.9 Å². The number of hydrogen-bond acceptors (Lipinski definition) is 5. The molecule has 0 heterocycles. The minimum atomic E-state index is -0.827. The monoisotopic (exact) mass is 309 g/mol. The third-order valence-corrected chi connectivity index (χ3v) is 2.75. The van der Waals surface area contributed by atoms with E-state index in [9.17, 15) is 9.59 Å². The van der Waals surface area contributed by atoms with Crippen molar-refractivity contribution in [1.29, 1.82) is 0 Å². The molecule has 0 saturated carbocycles. The zero-order chi connectivity index (χ0) is 16.8. The maximum atomic E-state index is 11.8. The third kappa shape index (κ3) is 6.03. The van der Waals surface area contributed by atoms with Crippen molar-refractivity contribution < 1.29 is 23.8 Å². The first-order chi connectivity index (χ1) is 10.2. The number of hydrogen-bond donors (Lipinski definition) is 1. The Kier molecular flexibility index (Phi) is 6.22. The van der Waals surface area contributed by atoms with Crippen LogP contribution in [0.2, 0.25) is 0 Å². The van der Waals surface area contributed by atoms with E-state index in [1.54, 1.807) is 40.0 Å². The maximum Gasteiger partial charge on any atom is 0.408 e. The summed E-state index contributed by atoms with van der Waals surface area (Å²) in [5.41, 5.74) is 0.201. The molecule has 1 N–H and O–H groups in total. The molecule has 0 aliphatic rings. The highest BCUT2D eigenvalue weighted by Gasteiger charge is 2.25. The van der Waals surface area contributed by atoms with Crippen LogP contribution in [0, 0.1) is 0 Å². The number of carbonyl (C=O) groups excluding carboxylic acids is 2. The van der Waals surface area contributed by atoms with E-state index in [1.807, 2.05) is 12.1 Å². The molecule has 0 radical (unpaired) electrons. The van der Waals surface area contributed by atoms with Crippen molar-refractivity contribution in [1.82, 2.24) is 5.32 Å². The van der Waals surface area contributed by atoms with Gasteiger partial charge < -0.3 is 19.5 Å². The van der Waals surface area contributed by atoms with E-state index in [4.69, 9.17) is 14.2 Å². The van der Waals surface area contributed by atoms with Gasteiger partial charge in [-0.1, -0.05) is 12.1 Å². The molecule has 0 unspecified atom stereocenters. The lowest BCUT2D eigenvalue weighted by Gasteiger charge is -2.22. The SMILES string of the molecule is COC(=O)[C@H](Cc1cccc(OC)c1)NC(=O)OC(C)(C)C. The molecule has 0 saturated heterocycles. The van der Waals surface area contributed by atoms with Crippen molar-refractivity contribution in [3.8, 4) is 5.75 Å². The van der Waals surface area contributed by atoms with Crippen molar-refractivity contribution >= 4 is 12.1 Å². The van der Waals surface area contributed by atoms with Gasteiger partial charge in [0, 0.05) is 6.42 Å². The van der Waals surface area contributed by atoms with Crippen molar-refractivity contribution in [2.45, 2.75) is 38.8 Å². The quantitative estimate of drug-likeness (QED) is 0.845. The van der Waals surface area contributed by atoms with E-state index < -0.39 is 23.7 Å². The van der Waals surface area contributed by atoms with E-state index in [-0.39, 0.29) is 6.42 Å². The fraction of sp³-hybridized carbons (Fsp3) is 0.500. The fourth-order valence-corrected chi connectivity index (χ4v) is 1.82. The van der Waals surface area contributed by atoms with Crippen LogP contribution in [0.25, 0.3) is 0 Å². The van der Waals surface area contributed by atoms with Gasteiger partial charge in [0.25, 0.3) is 0 Å². The summed E-state index contributed by atoms with van der Waals surface area (Å²) in [6.07, 6.45) is -0.380. The molecule has 0 spiro atoms. The summed E-state index contributed by atoms with van der Waals surface area (Å²) in [6, 6.07) is 6.43. The van der Waals surface area contributed by atoms with Crippen LogP contribution in [0.4, 0.5) is 4.79 Å². The first-order valence-electron chi connectivity index (χ1n) is 6.95. The molecule has 0 fully saturated rings. The van der Waals surface area contributed by atoms with Gasteiger partial charge in [-0.25, -0.2) is 9.59 Å². The van der Waals surface area contributed by atoms with Gasteiger partial charge >= 0.3 is 12.1 Å². The predicted molar refractivity (Wildman–Crippen MR) is 81.9 cm³/mol. The summed E-state index contributed by atoms with van der Waals surface area (Å²) in [5.74, 6) is 0.145. The van der Waals surface area contributed by atoms with Crippen LogP contribution in [0.1, 0.15) is 26.3 Å². The predicted octanol–water partition coefficient (Wildman–Crippen LogP) is 2.30. The number of benzene rings is 1. The zero-order valence-electron chi connectivity index (χ0n) is 13.6. The highest BCUT2D eigenvalue weighted by atomic mass is 16.6. The Bertz CT molecular complexity index is 522. The van der Waals surface area contributed by atoms with Crippen LogP contribution in [-0.4, -0.2) is 37.9 Å². The number of methoxy groups -OCH3 is 2. The summed E-state index contributed by atoms with van der Waals surface area (Å²) in [7, 11) is 2.84. The van der Waals surface area contributed by atoms with Crippen molar-refractivity contribution in [3.05, 3.63) is 29.8 Å². The number of rotatable bonds is 5. The average molecular weight is 309 g/mol. The van der Waals surface area contributed by atoms with Gasteiger partial charge in [-0.05, 0) is 38.5 Å². The molecule has 0 aromatic heterocycles. The Morgan fingerprint density at radius 2 is 1.91 bits per heavy atom. The lowest BCUT2D eigenvalue weighted by molar-refractivity contribution is -0.143. The highest BCUT2D eigenvalue weighted by Crippen LogP contribution is 2.15. The number of alkyl carbamates (subject to hydrolysis) is 1. The van der Waals surface area contributed by atoms with Crippen LogP contribution in [0.5, 0.6) is 5.75 Å². The largest absolute Gasteiger partial charge is 0.497 e. The first-order valence-corrected chi connectivity index (χ1v) is 6.95. The Morgan fingerprint density at radius 3 is 2.45 bits per heavy atom. The maximum absolute atomic E-state index is 11.8. The number of nitrogens with one attached hydrogen (secondary N) is 1. The molecule has 1 atom stereocenters. The molecule has 1 rings (SSSR count). The second kappa shape index (κ2) is 7.68. The molecule has 6 heteroatoms. The molecule has 1 amide bonds. The van der Waals surface area contributed by atoms with E-state index >= 15 is 0 Å². The van der Waals surface area contributed by atoms with E-state index in [2.05, 4.69) is 5.32 Å². The molecule has 0 aliphatic carbocycles. The van der Waals surface area contributed by atoms with Crippen LogP contribution in [-0.2, 0) is 20.7 Å². The summed E-state index contributed by atoms with van der Waals surface area (Å²) in [4.78, 5) is 23.7. The number of esters is 1. The molecule has 22 heavy (non-hydrogen) atoms. The van der Waals surface area contributed by atoms with Gasteiger partial charge in [0.2, 0.25) is 0 Å². The Morgan fingerprint density at radius 1 is 1.23 bits per heavy atom. The molecule has 122 valence electrons. The van der Waals surface area contributed by atoms with Crippen LogP contribution in [0.3, 0.4) is 0 Å². The second-order valence-corrected chi connectivity index (χ2v) is 5.78. The van der Waals surface area contributed by atoms with Gasteiger partial charge in [0.15, 0.2) is 0 Å². The van der Waals surface area contributed by atoms with Crippen LogP contribution in [0.15, 0.2) is 24.3 Å². The van der Waals surface area contributed by atoms with Gasteiger partial charge in [-0.3, -0.25) is 0 Å². The number of carbonyl (C=O) groups is 2. The molecule has 1 aromatic rings. The Hall–Kier alpha value is -2.24. The molecule has 6 nitrogen and oxygen atoms in total. The zero-order valence-corrected chi connectivity index (χ0v) is 13.6. The smallest absolute Gasteiger partial charge is 0.408 e. The Labute approximate surface area is 130 Å². The van der Waals surface area contributed by atoms with E-state index in [0.29, 0.717) is 5.75 Å². The van der Waals surface area contributed by atoms with Crippen molar-refractivity contribution in [2.75, 3.05) is 14.2 Å². The highest BCUT2D eigenvalue weighted by molar-refractivity contribution is 5.81. The van der Waals surface area contributed by atoms with E-state index in [0.717, 1.165) is 5.56 Å². The summed E-state index contributed by atoms with van der Waals surface area (Å²) < 4.78 is 15.0. The summed E-state index contributed by atoms with van der Waals surface area (Å²) in [6.45, 7) is 5.26. The average Bonchev–Trinajstić information content (AvgIpc) is 2.44. The second-order valence-electron chi connectivity index (χ2n) is 5.78. The summed E-state index contributed by atoms with van der Waals surface area (Å²) in [5, 5.41) is 2.53. The first kappa shape index (κ1) is 17.8. The van der Waals surface area contributed by atoms with Crippen LogP contribution >= 0.6 is 0 Å². The van der Waals surface area contributed by atoms with Crippen LogP contribution < -0.4 is 10.1 Å². The van der Waals surface area contributed by atoms with Gasteiger partial charge in [0.1, 0.15) is 17.4 Å². The van der Waals surface area contributed by atoms with Crippen molar-refractivity contribution in [2.24, 2.45) is 0 Å². The van der Waals surface area contributed by atoms with Gasteiger partial charge in [-0.2, -0.15) is 0 Å². The number of ether oxygens (including phenoxy) is 3.